The van der Waals surface area contributed by atoms with E-state index in [1.165, 1.54) is 0 Å². The molecule has 0 saturated heterocycles. The molecular weight excluding hydrogens is 134 g/mol. The van der Waals surface area contributed by atoms with Gasteiger partial charge in [0, 0.05) is 17.5 Å². The van der Waals surface area contributed by atoms with E-state index in [1.807, 2.05) is 42.6 Å². The minimum atomic E-state index is 1.11. The second kappa shape index (κ2) is 2.62. The second-order valence-corrected chi connectivity index (χ2v) is 2.36. The summed E-state index contributed by atoms with van der Waals surface area (Å²) >= 11 is 0. The summed E-state index contributed by atoms with van der Waals surface area (Å²) in [4.78, 5) is 3.12. The highest BCUT2D eigenvalue weighted by atomic mass is 14.7. The van der Waals surface area contributed by atoms with Crippen molar-refractivity contribution in [3.63, 3.8) is 0 Å². The Kier molecular flexibility index (Phi) is 1.48. The number of H-pyrrole nitrogens is 1. The molecule has 1 radical (unpaired) electrons. The number of nitrogens with one attached hydrogen (secondary N) is 1. The second-order valence-electron chi connectivity index (χ2n) is 2.36. The first kappa shape index (κ1) is 6.23. The average Bonchev–Trinajstić information content (AvgIpc) is 2.58. The average molecular weight is 142 g/mol. The lowest BCUT2D eigenvalue weighted by Gasteiger charge is -1.93. The molecule has 2 rings (SSSR count). The van der Waals surface area contributed by atoms with Gasteiger partial charge in [0.1, 0.15) is 0 Å². The number of aromatic nitrogens is 1. The van der Waals surface area contributed by atoms with Crippen molar-refractivity contribution < 1.29 is 0 Å². The number of benzene rings is 1. The molecule has 1 heterocycles. The van der Waals surface area contributed by atoms with Crippen LogP contribution >= 0.6 is 0 Å². The van der Waals surface area contributed by atoms with Crippen molar-refractivity contribution in [3.8, 4) is 11.3 Å². The van der Waals surface area contributed by atoms with Gasteiger partial charge in [-0.15, -0.1) is 0 Å². The molecule has 0 saturated carbocycles. The quantitative estimate of drug-likeness (QED) is 0.629. The molecule has 0 aliphatic rings. The molecule has 0 amide bonds. The molecule has 0 bridgehead atoms. The van der Waals surface area contributed by atoms with Crippen LogP contribution in [0.3, 0.4) is 0 Å². The van der Waals surface area contributed by atoms with E-state index in [-0.39, 0.29) is 0 Å². The van der Waals surface area contributed by atoms with E-state index in [9.17, 15) is 0 Å². The van der Waals surface area contributed by atoms with E-state index < -0.39 is 0 Å². The predicted molar refractivity (Wildman–Crippen MR) is 45.1 cm³/mol. The van der Waals surface area contributed by atoms with Gasteiger partial charge in [-0.3, -0.25) is 0 Å². The first-order valence-electron chi connectivity index (χ1n) is 3.57. The fourth-order valence-corrected chi connectivity index (χ4v) is 1.06. The maximum atomic E-state index is 3.14. The third-order valence-corrected chi connectivity index (χ3v) is 1.60. The van der Waals surface area contributed by atoms with Crippen molar-refractivity contribution in [2.24, 2.45) is 0 Å². The minimum absolute atomic E-state index is 1.11. The fraction of sp³-hybridized carbons (Fsp3) is 0. The van der Waals surface area contributed by atoms with E-state index >= 15 is 0 Å². The van der Waals surface area contributed by atoms with Crippen LogP contribution in [0.2, 0.25) is 0 Å². The van der Waals surface area contributed by atoms with Crippen LogP contribution in [0.15, 0.2) is 42.6 Å². The summed E-state index contributed by atoms with van der Waals surface area (Å²) < 4.78 is 0. The highest BCUT2D eigenvalue weighted by Gasteiger charge is 1.93. The van der Waals surface area contributed by atoms with E-state index in [1.54, 1.807) is 0 Å². The largest absolute Gasteiger partial charge is 0.361 e. The first-order chi connectivity index (χ1) is 5.47. The standard InChI is InChI=1S/C10H8N/c1-2-5-9(6-3-1)10-7-4-8-11-10/h1-5,7-8,11H. The van der Waals surface area contributed by atoms with Crippen molar-refractivity contribution in [2.45, 2.75) is 0 Å². The number of hydrogen-bond donors (Lipinski definition) is 1. The Labute approximate surface area is 65.7 Å². The van der Waals surface area contributed by atoms with Crippen LogP contribution in [0.4, 0.5) is 0 Å². The van der Waals surface area contributed by atoms with Gasteiger partial charge in [0.25, 0.3) is 0 Å². The fourth-order valence-electron chi connectivity index (χ4n) is 1.06. The third-order valence-electron chi connectivity index (χ3n) is 1.60. The van der Waals surface area contributed by atoms with Gasteiger partial charge in [-0.2, -0.15) is 0 Å². The molecule has 0 unspecified atom stereocenters. The Hall–Kier alpha value is -1.50. The normalized spacial score (nSPS) is 9.82. The van der Waals surface area contributed by atoms with Gasteiger partial charge >= 0.3 is 0 Å². The van der Waals surface area contributed by atoms with Crippen molar-refractivity contribution in [1.29, 1.82) is 0 Å². The van der Waals surface area contributed by atoms with E-state index in [0.29, 0.717) is 0 Å². The van der Waals surface area contributed by atoms with Crippen LogP contribution in [0.25, 0.3) is 11.3 Å². The summed E-state index contributed by atoms with van der Waals surface area (Å²) in [7, 11) is 0. The summed E-state index contributed by atoms with van der Waals surface area (Å²) in [5.41, 5.74) is 2.23. The molecule has 53 valence electrons. The van der Waals surface area contributed by atoms with Gasteiger partial charge in [-0.1, -0.05) is 24.3 Å². The monoisotopic (exact) mass is 142 g/mol. The molecule has 0 aliphatic heterocycles. The van der Waals surface area contributed by atoms with Crippen molar-refractivity contribution in [2.75, 3.05) is 0 Å². The lowest BCUT2D eigenvalue weighted by atomic mass is 10.2. The maximum absolute atomic E-state index is 3.14. The van der Waals surface area contributed by atoms with Gasteiger partial charge in [0.05, 0.1) is 0 Å². The molecule has 0 fully saturated rings. The van der Waals surface area contributed by atoms with Crippen LogP contribution in [-0.4, -0.2) is 4.98 Å². The molecule has 1 aromatic carbocycles. The lowest BCUT2D eigenvalue weighted by molar-refractivity contribution is 1.40. The highest BCUT2D eigenvalue weighted by molar-refractivity contribution is 5.57. The zero-order valence-electron chi connectivity index (χ0n) is 6.04. The Morgan fingerprint density at radius 3 is 2.73 bits per heavy atom. The molecule has 1 nitrogen and oxygen atoms in total. The number of hydrogen-bond acceptors (Lipinski definition) is 0. The van der Waals surface area contributed by atoms with E-state index in [0.717, 1.165) is 11.3 Å². The molecular formula is C10H8N. The molecule has 0 aliphatic carbocycles. The minimum Gasteiger partial charge on any atom is -0.361 e. The smallest absolute Gasteiger partial charge is 0.0460 e. The zero-order valence-corrected chi connectivity index (χ0v) is 6.04. The number of aromatic amines is 1. The lowest BCUT2D eigenvalue weighted by Crippen LogP contribution is -1.74. The summed E-state index contributed by atoms with van der Waals surface area (Å²) in [6.45, 7) is 0. The summed E-state index contributed by atoms with van der Waals surface area (Å²) in [6, 6.07) is 15.1. The molecule has 2 aromatic rings. The van der Waals surface area contributed by atoms with Gasteiger partial charge in [-0.05, 0) is 18.2 Å². The van der Waals surface area contributed by atoms with Gasteiger partial charge in [-0.25, -0.2) is 0 Å². The molecule has 11 heavy (non-hydrogen) atoms. The predicted octanol–water partition coefficient (Wildman–Crippen LogP) is 2.48. The Morgan fingerprint density at radius 2 is 2.09 bits per heavy atom. The molecule has 0 spiro atoms. The summed E-state index contributed by atoms with van der Waals surface area (Å²) in [5.74, 6) is 0. The Morgan fingerprint density at radius 1 is 1.09 bits per heavy atom. The van der Waals surface area contributed by atoms with Crippen LogP contribution in [-0.2, 0) is 0 Å². The van der Waals surface area contributed by atoms with E-state index in [4.69, 9.17) is 0 Å². The summed E-state index contributed by atoms with van der Waals surface area (Å²) in [5, 5.41) is 0. The van der Waals surface area contributed by atoms with Crippen LogP contribution in [0.5, 0.6) is 0 Å². The van der Waals surface area contributed by atoms with Gasteiger partial charge in [0.15, 0.2) is 0 Å². The molecule has 0 atom stereocenters. The van der Waals surface area contributed by atoms with Crippen LogP contribution in [0, 0.1) is 6.07 Å². The molecule has 1 aromatic heterocycles. The maximum Gasteiger partial charge on any atom is 0.0460 e. The Bertz CT molecular complexity index is 308. The SMILES string of the molecule is [c]1ccccc1-c1ccc[nH]1. The summed E-state index contributed by atoms with van der Waals surface area (Å²) in [6.07, 6.45) is 1.91. The highest BCUT2D eigenvalue weighted by Crippen LogP contribution is 2.14. The number of rotatable bonds is 1. The van der Waals surface area contributed by atoms with Crippen molar-refractivity contribution in [1.82, 2.24) is 4.98 Å². The van der Waals surface area contributed by atoms with Crippen LogP contribution < -0.4 is 0 Å². The Balaban J connectivity index is 2.46. The molecule has 1 heteroatoms. The first-order valence-corrected chi connectivity index (χ1v) is 3.57. The topological polar surface area (TPSA) is 15.8 Å². The van der Waals surface area contributed by atoms with Crippen molar-refractivity contribution >= 4 is 0 Å². The third kappa shape index (κ3) is 1.17. The molecule has 1 N–H and O–H groups in total. The van der Waals surface area contributed by atoms with Gasteiger partial charge < -0.3 is 4.98 Å². The zero-order chi connectivity index (χ0) is 7.52. The van der Waals surface area contributed by atoms with Gasteiger partial charge in [0.2, 0.25) is 0 Å². The van der Waals surface area contributed by atoms with Crippen LogP contribution in [0.1, 0.15) is 0 Å². The van der Waals surface area contributed by atoms with Crippen molar-refractivity contribution in [3.05, 3.63) is 48.7 Å². The van der Waals surface area contributed by atoms with E-state index in [2.05, 4.69) is 11.1 Å².